The zero-order valence-electron chi connectivity index (χ0n) is 12.0. The van der Waals surface area contributed by atoms with Gasteiger partial charge in [-0.3, -0.25) is 4.79 Å². The Morgan fingerprint density at radius 1 is 1.05 bits per heavy atom. The van der Waals surface area contributed by atoms with Crippen LogP contribution in [0.5, 0.6) is 0 Å². The zero-order valence-corrected chi connectivity index (χ0v) is 12.9. The van der Waals surface area contributed by atoms with E-state index in [1.165, 1.54) is 0 Å². The maximum Gasteiger partial charge on any atom is 0.256 e. The van der Waals surface area contributed by atoms with Crippen LogP contribution in [0, 0.1) is 0 Å². The SMILES string of the molecule is CP(C)(=O)c1ccc2c(c1)/C(=C/c1ccccc1)C(=O)N2. The first-order valence-electron chi connectivity index (χ1n) is 6.73. The summed E-state index contributed by atoms with van der Waals surface area (Å²) >= 11 is 0. The Morgan fingerprint density at radius 2 is 1.76 bits per heavy atom. The molecule has 0 saturated carbocycles. The first-order chi connectivity index (χ1) is 9.95. The highest BCUT2D eigenvalue weighted by Crippen LogP contribution is 2.39. The third-order valence-electron chi connectivity index (χ3n) is 3.52. The molecule has 0 radical (unpaired) electrons. The molecule has 0 bridgehead atoms. The highest BCUT2D eigenvalue weighted by atomic mass is 31.2. The maximum atomic E-state index is 12.2. The number of hydrogen-bond donors (Lipinski definition) is 1. The summed E-state index contributed by atoms with van der Waals surface area (Å²) in [6.07, 6.45) is 1.86. The summed E-state index contributed by atoms with van der Waals surface area (Å²) in [6, 6.07) is 15.2. The van der Waals surface area contributed by atoms with Gasteiger partial charge in [-0.05, 0) is 43.2 Å². The van der Waals surface area contributed by atoms with Crippen molar-refractivity contribution in [3.05, 3.63) is 59.7 Å². The molecular weight excluding hydrogens is 281 g/mol. The number of carbonyl (C=O) groups excluding carboxylic acids is 1. The van der Waals surface area contributed by atoms with Gasteiger partial charge in [-0.25, -0.2) is 0 Å². The molecule has 0 fully saturated rings. The summed E-state index contributed by atoms with van der Waals surface area (Å²) in [7, 11) is -2.35. The van der Waals surface area contributed by atoms with Gasteiger partial charge in [0.15, 0.2) is 0 Å². The van der Waals surface area contributed by atoms with Crippen LogP contribution in [0.25, 0.3) is 11.6 Å². The van der Waals surface area contributed by atoms with Gasteiger partial charge < -0.3 is 9.88 Å². The van der Waals surface area contributed by atoms with E-state index in [-0.39, 0.29) is 5.91 Å². The monoisotopic (exact) mass is 297 g/mol. The Morgan fingerprint density at radius 3 is 2.43 bits per heavy atom. The van der Waals surface area contributed by atoms with E-state index in [0.717, 1.165) is 22.1 Å². The molecule has 1 heterocycles. The normalized spacial score (nSPS) is 15.9. The molecule has 0 spiro atoms. The van der Waals surface area contributed by atoms with Crippen molar-refractivity contribution in [2.24, 2.45) is 0 Å². The highest BCUT2D eigenvalue weighted by molar-refractivity contribution is 7.70. The molecule has 1 aliphatic rings. The van der Waals surface area contributed by atoms with Gasteiger partial charge in [-0.1, -0.05) is 30.3 Å². The number of amides is 1. The molecule has 2 aromatic carbocycles. The molecule has 0 saturated heterocycles. The summed E-state index contributed by atoms with van der Waals surface area (Å²) in [5, 5.41) is 3.64. The lowest BCUT2D eigenvalue weighted by atomic mass is 10.0. The summed E-state index contributed by atoms with van der Waals surface area (Å²) < 4.78 is 12.2. The van der Waals surface area contributed by atoms with Crippen LogP contribution in [0.15, 0.2) is 48.5 Å². The van der Waals surface area contributed by atoms with E-state index in [9.17, 15) is 9.36 Å². The van der Waals surface area contributed by atoms with Crippen molar-refractivity contribution in [1.82, 2.24) is 0 Å². The fraction of sp³-hybridized carbons (Fsp3) is 0.118. The molecule has 3 nitrogen and oxygen atoms in total. The lowest BCUT2D eigenvalue weighted by Gasteiger charge is -2.08. The molecule has 1 N–H and O–H groups in total. The van der Waals surface area contributed by atoms with E-state index in [2.05, 4.69) is 5.32 Å². The topological polar surface area (TPSA) is 46.2 Å². The van der Waals surface area contributed by atoms with Crippen molar-refractivity contribution >= 4 is 35.7 Å². The van der Waals surface area contributed by atoms with Gasteiger partial charge in [0.05, 0.1) is 0 Å². The van der Waals surface area contributed by atoms with Crippen LogP contribution in [-0.2, 0) is 9.36 Å². The van der Waals surface area contributed by atoms with Gasteiger partial charge in [-0.2, -0.15) is 0 Å². The quantitative estimate of drug-likeness (QED) is 0.682. The van der Waals surface area contributed by atoms with E-state index in [0.29, 0.717) is 5.57 Å². The number of anilines is 1. The molecule has 21 heavy (non-hydrogen) atoms. The lowest BCUT2D eigenvalue weighted by Crippen LogP contribution is -2.03. The average Bonchev–Trinajstić information content (AvgIpc) is 2.75. The molecule has 0 atom stereocenters. The van der Waals surface area contributed by atoms with Gasteiger partial charge in [-0.15, -0.1) is 0 Å². The molecule has 0 unspecified atom stereocenters. The second-order valence-electron chi connectivity index (χ2n) is 5.50. The number of nitrogens with one attached hydrogen (secondary N) is 1. The molecular formula is C17H16NO2P. The molecule has 1 amide bonds. The average molecular weight is 297 g/mol. The van der Waals surface area contributed by atoms with Crippen LogP contribution >= 0.6 is 7.14 Å². The van der Waals surface area contributed by atoms with Crippen LogP contribution in [0.4, 0.5) is 5.69 Å². The maximum absolute atomic E-state index is 12.2. The summed E-state index contributed by atoms with van der Waals surface area (Å²) in [6.45, 7) is 3.47. The lowest BCUT2D eigenvalue weighted by molar-refractivity contribution is -0.110. The van der Waals surface area contributed by atoms with Crippen LogP contribution in [0.3, 0.4) is 0 Å². The minimum absolute atomic E-state index is 0.118. The van der Waals surface area contributed by atoms with Crippen molar-refractivity contribution in [2.75, 3.05) is 18.6 Å². The van der Waals surface area contributed by atoms with Gasteiger partial charge in [0, 0.05) is 22.1 Å². The van der Waals surface area contributed by atoms with E-state index in [4.69, 9.17) is 0 Å². The molecule has 0 aliphatic carbocycles. The number of carbonyl (C=O) groups is 1. The minimum Gasteiger partial charge on any atom is -0.321 e. The van der Waals surface area contributed by atoms with Crippen molar-refractivity contribution in [3.8, 4) is 0 Å². The standard InChI is InChI=1S/C17H16NO2P/c1-21(2,20)13-8-9-16-14(11-13)15(17(19)18-16)10-12-6-4-3-5-7-12/h3-11H,1-2H3,(H,18,19)/b15-10-. The van der Waals surface area contributed by atoms with Crippen LogP contribution < -0.4 is 10.6 Å². The molecule has 3 rings (SSSR count). The smallest absolute Gasteiger partial charge is 0.256 e. The van der Waals surface area contributed by atoms with E-state index in [1.807, 2.05) is 54.6 Å². The second kappa shape index (κ2) is 5.01. The van der Waals surface area contributed by atoms with Crippen LogP contribution in [0.1, 0.15) is 11.1 Å². The largest absolute Gasteiger partial charge is 0.321 e. The summed E-state index contributed by atoms with van der Waals surface area (Å²) in [5.74, 6) is -0.118. The fourth-order valence-corrected chi connectivity index (χ4v) is 3.24. The number of rotatable bonds is 2. The van der Waals surface area contributed by atoms with Crippen LogP contribution in [-0.4, -0.2) is 19.2 Å². The number of fused-ring (bicyclic) bond motifs is 1. The molecule has 4 heteroatoms. The predicted molar refractivity (Wildman–Crippen MR) is 88.5 cm³/mol. The van der Waals surface area contributed by atoms with Crippen molar-refractivity contribution in [2.45, 2.75) is 0 Å². The Balaban J connectivity index is 2.12. The molecule has 0 aromatic heterocycles. The van der Waals surface area contributed by atoms with Gasteiger partial charge in [0.1, 0.15) is 7.14 Å². The number of benzene rings is 2. The first kappa shape index (κ1) is 13.8. The fourth-order valence-electron chi connectivity index (χ4n) is 2.37. The third-order valence-corrected chi connectivity index (χ3v) is 5.04. The van der Waals surface area contributed by atoms with Crippen molar-refractivity contribution in [1.29, 1.82) is 0 Å². The van der Waals surface area contributed by atoms with Gasteiger partial charge >= 0.3 is 0 Å². The Hall–Kier alpha value is -2.12. The first-order valence-corrected chi connectivity index (χ1v) is 9.33. The van der Waals surface area contributed by atoms with E-state index >= 15 is 0 Å². The Bertz CT molecular complexity index is 788. The second-order valence-corrected chi connectivity index (χ2v) is 8.72. The highest BCUT2D eigenvalue weighted by Gasteiger charge is 2.25. The third kappa shape index (κ3) is 2.70. The van der Waals surface area contributed by atoms with Crippen LogP contribution in [0.2, 0.25) is 0 Å². The van der Waals surface area contributed by atoms with Crippen molar-refractivity contribution in [3.63, 3.8) is 0 Å². The molecule has 1 aliphatic heterocycles. The summed E-state index contributed by atoms with van der Waals surface area (Å²) in [4.78, 5) is 12.1. The Kier molecular flexibility index (Phi) is 3.30. The van der Waals surface area contributed by atoms with E-state index < -0.39 is 7.14 Å². The number of hydrogen-bond acceptors (Lipinski definition) is 2. The minimum atomic E-state index is -2.35. The van der Waals surface area contributed by atoms with E-state index in [1.54, 1.807) is 13.3 Å². The van der Waals surface area contributed by atoms with Crippen molar-refractivity contribution < 1.29 is 9.36 Å². The predicted octanol–water partition coefficient (Wildman–Crippen LogP) is 3.43. The zero-order chi connectivity index (χ0) is 15.0. The Labute approximate surface area is 124 Å². The van der Waals surface area contributed by atoms with Gasteiger partial charge in [0.25, 0.3) is 5.91 Å². The summed E-state index contributed by atoms with van der Waals surface area (Å²) in [5.41, 5.74) is 3.19. The van der Waals surface area contributed by atoms with Gasteiger partial charge in [0.2, 0.25) is 0 Å². The molecule has 2 aromatic rings. The molecule has 106 valence electrons.